The van der Waals surface area contributed by atoms with Crippen LogP contribution in [-0.2, 0) is 0 Å². The van der Waals surface area contributed by atoms with Crippen molar-refractivity contribution >= 4 is 27.8 Å². The summed E-state index contributed by atoms with van der Waals surface area (Å²) in [5.41, 5.74) is 8.24. The largest absolute Gasteiger partial charge is 0.397 e. The molecule has 1 saturated carbocycles. The molecule has 2 heterocycles. The Kier molecular flexibility index (Phi) is 4.22. The predicted octanol–water partition coefficient (Wildman–Crippen LogP) is 3.31. The molecule has 21 heavy (non-hydrogen) atoms. The average Bonchev–Trinajstić information content (AvgIpc) is 3.14. The summed E-state index contributed by atoms with van der Waals surface area (Å²) >= 11 is 1.57. The van der Waals surface area contributed by atoms with Gasteiger partial charge in [-0.1, -0.05) is 6.92 Å². The number of rotatable bonds is 6. The molecular formula is C16H25N3OS. The highest BCUT2D eigenvalue weighted by molar-refractivity contribution is 7.18. The minimum Gasteiger partial charge on any atom is -0.397 e. The SMILES string of the molecule is CCC(=O)c1sc(NCC2CCCN2C)c(C2CC2)c1N. The smallest absolute Gasteiger partial charge is 0.174 e. The Labute approximate surface area is 130 Å². The molecule has 1 aliphatic carbocycles. The number of nitrogen functional groups attached to an aromatic ring is 1. The number of carbonyl (C=O) groups is 1. The van der Waals surface area contributed by atoms with Crippen molar-refractivity contribution in [3.05, 3.63) is 10.4 Å². The second-order valence-electron chi connectivity index (χ2n) is 6.30. The summed E-state index contributed by atoms with van der Waals surface area (Å²) in [7, 11) is 2.19. The van der Waals surface area contributed by atoms with Gasteiger partial charge in [-0.15, -0.1) is 11.3 Å². The van der Waals surface area contributed by atoms with Crippen molar-refractivity contribution < 1.29 is 4.79 Å². The summed E-state index contributed by atoms with van der Waals surface area (Å²) < 4.78 is 0. The monoisotopic (exact) mass is 307 g/mol. The minimum absolute atomic E-state index is 0.172. The first-order chi connectivity index (χ1) is 10.1. The lowest BCUT2D eigenvalue weighted by atomic mass is 10.1. The van der Waals surface area contributed by atoms with Crippen molar-refractivity contribution in [2.45, 2.75) is 51.0 Å². The van der Waals surface area contributed by atoms with Gasteiger partial charge in [-0.05, 0) is 45.2 Å². The molecule has 0 radical (unpaired) electrons. The lowest BCUT2D eigenvalue weighted by Gasteiger charge is -2.20. The molecule has 3 rings (SSSR count). The molecule has 1 aliphatic heterocycles. The normalized spacial score (nSPS) is 22.7. The van der Waals surface area contributed by atoms with Crippen LogP contribution in [0.5, 0.6) is 0 Å². The molecule has 3 N–H and O–H groups in total. The van der Waals surface area contributed by atoms with Crippen LogP contribution < -0.4 is 11.1 Å². The minimum atomic E-state index is 0.172. The number of nitrogens with zero attached hydrogens (tertiary/aromatic N) is 1. The van der Waals surface area contributed by atoms with Crippen molar-refractivity contribution in [3.8, 4) is 0 Å². The third-order valence-electron chi connectivity index (χ3n) is 4.71. The number of nitrogens with one attached hydrogen (secondary N) is 1. The standard InChI is InChI=1S/C16H25N3OS/c1-3-12(20)15-14(17)13(10-6-7-10)16(21-15)18-9-11-5-4-8-19(11)2/h10-11,18H,3-9,17H2,1-2H3. The molecule has 5 heteroatoms. The number of thiophene rings is 1. The van der Waals surface area contributed by atoms with Gasteiger partial charge in [-0.3, -0.25) is 4.79 Å². The molecule has 1 aromatic rings. The Morgan fingerprint density at radius 1 is 1.43 bits per heavy atom. The van der Waals surface area contributed by atoms with E-state index in [0.29, 0.717) is 18.4 Å². The number of carbonyl (C=O) groups excluding carboxylic acids is 1. The number of hydrogen-bond donors (Lipinski definition) is 2. The van der Waals surface area contributed by atoms with Gasteiger partial charge in [-0.25, -0.2) is 0 Å². The quantitative estimate of drug-likeness (QED) is 0.792. The van der Waals surface area contributed by atoms with Crippen LogP contribution in [0.4, 0.5) is 10.7 Å². The van der Waals surface area contributed by atoms with Crippen molar-refractivity contribution in [1.29, 1.82) is 0 Å². The summed E-state index contributed by atoms with van der Waals surface area (Å²) in [6.45, 7) is 4.04. The first-order valence-electron chi connectivity index (χ1n) is 8.01. The summed E-state index contributed by atoms with van der Waals surface area (Å²) in [5.74, 6) is 0.744. The number of likely N-dealkylation sites (N-methyl/N-ethyl adjacent to an activating group) is 1. The van der Waals surface area contributed by atoms with Gasteiger partial charge < -0.3 is 16.0 Å². The molecule has 1 atom stereocenters. The van der Waals surface area contributed by atoms with Crippen LogP contribution in [0.15, 0.2) is 0 Å². The van der Waals surface area contributed by atoms with Gasteiger partial charge in [0.15, 0.2) is 5.78 Å². The van der Waals surface area contributed by atoms with Crippen molar-refractivity contribution in [1.82, 2.24) is 4.90 Å². The number of nitrogens with two attached hydrogens (primary N) is 1. The number of ketones is 1. The van der Waals surface area contributed by atoms with Gasteiger partial charge >= 0.3 is 0 Å². The van der Waals surface area contributed by atoms with Gasteiger partial charge in [-0.2, -0.15) is 0 Å². The zero-order valence-electron chi connectivity index (χ0n) is 12.9. The Morgan fingerprint density at radius 3 is 2.76 bits per heavy atom. The van der Waals surface area contributed by atoms with E-state index >= 15 is 0 Å². The summed E-state index contributed by atoms with van der Waals surface area (Å²) in [5, 5.41) is 4.74. The molecule has 2 fully saturated rings. The van der Waals surface area contributed by atoms with Crippen LogP contribution in [0.3, 0.4) is 0 Å². The van der Waals surface area contributed by atoms with Crippen LogP contribution in [-0.4, -0.2) is 36.9 Å². The third kappa shape index (κ3) is 2.94. The topological polar surface area (TPSA) is 58.4 Å². The molecule has 116 valence electrons. The van der Waals surface area contributed by atoms with Gasteiger partial charge in [0, 0.05) is 24.6 Å². The molecule has 0 amide bonds. The highest BCUT2D eigenvalue weighted by Crippen LogP contribution is 2.51. The van der Waals surface area contributed by atoms with Gasteiger partial charge in [0.2, 0.25) is 0 Å². The number of Topliss-reactive ketones (excluding diaryl/α,β-unsaturated/α-hetero) is 1. The first-order valence-corrected chi connectivity index (χ1v) is 8.83. The second kappa shape index (κ2) is 5.97. The molecule has 4 nitrogen and oxygen atoms in total. The molecule has 1 unspecified atom stereocenters. The van der Waals surface area contributed by atoms with Crippen LogP contribution in [0, 0.1) is 0 Å². The first kappa shape index (κ1) is 14.9. The molecule has 0 bridgehead atoms. The summed E-state index contributed by atoms with van der Waals surface area (Å²) in [4.78, 5) is 15.2. The molecule has 2 aliphatic rings. The van der Waals surface area contributed by atoms with Crippen LogP contribution in [0.25, 0.3) is 0 Å². The Hall–Kier alpha value is -1.07. The molecule has 0 spiro atoms. The third-order valence-corrected chi connectivity index (χ3v) is 5.93. The molecule has 0 aromatic carbocycles. The van der Waals surface area contributed by atoms with E-state index in [2.05, 4.69) is 17.3 Å². The van der Waals surface area contributed by atoms with E-state index in [1.165, 1.54) is 37.8 Å². The summed E-state index contributed by atoms with van der Waals surface area (Å²) in [6.07, 6.45) is 5.48. The fourth-order valence-electron chi connectivity index (χ4n) is 3.18. The Bertz CT molecular complexity index is 536. The predicted molar refractivity (Wildman–Crippen MR) is 89.5 cm³/mol. The van der Waals surface area contributed by atoms with Gasteiger partial charge in [0.25, 0.3) is 0 Å². The van der Waals surface area contributed by atoms with Gasteiger partial charge in [0.05, 0.1) is 15.6 Å². The Morgan fingerprint density at radius 2 is 2.19 bits per heavy atom. The van der Waals surface area contributed by atoms with Gasteiger partial charge in [0.1, 0.15) is 0 Å². The maximum Gasteiger partial charge on any atom is 0.174 e. The van der Waals surface area contributed by atoms with Crippen molar-refractivity contribution in [2.75, 3.05) is 31.2 Å². The fraction of sp³-hybridized carbons (Fsp3) is 0.688. The molecule has 1 saturated heterocycles. The van der Waals surface area contributed by atoms with E-state index in [0.717, 1.165) is 22.1 Å². The van der Waals surface area contributed by atoms with Crippen LogP contribution >= 0.6 is 11.3 Å². The number of likely N-dealkylation sites (tertiary alicyclic amines) is 1. The maximum atomic E-state index is 12.0. The number of anilines is 2. The molecule has 1 aromatic heterocycles. The zero-order valence-corrected chi connectivity index (χ0v) is 13.8. The van der Waals surface area contributed by atoms with Crippen LogP contribution in [0.2, 0.25) is 0 Å². The van der Waals surface area contributed by atoms with E-state index in [-0.39, 0.29) is 5.78 Å². The van der Waals surface area contributed by atoms with Crippen molar-refractivity contribution in [2.24, 2.45) is 0 Å². The fourth-order valence-corrected chi connectivity index (χ4v) is 4.40. The highest BCUT2D eigenvalue weighted by Gasteiger charge is 2.33. The highest BCUT2D eigenvalue weighted by atomic mass is 32.1. The maximum absolute atomic E-state index is 12.0. The van der Waals surface area contributed by atoms with E-state index in [1.807, 2.05) is 6.92 Å². The van der Waals surface area contributed by atoms with E-state index in [1.54, 1.807) is 11.3 Å². The molecular weight excluding hydrogens is 282 g/mol. The summed E-state index contributed by atoms with van der Waals surface area (Å²) in [6, 6.07) is 0.603. The lowest BCUT2D eigenvalue weighted by molar-refractivity contribution is 0.0993. The average molecular weight is 307 g/mol. The second-order valence-corrected chi connectivity index (χ2v) is 7.32. The van der Waals surface area contributed by atoms with E-state index < -0.39 is 0 Å². The van der Waals surface area contributed by atoms with E-state index in [9.17, 15) is 4.79 Å². The zero-order chi connectivity index (χ0) is 15.0. The van der Waals surface area contributed by atoms with Crippen molar-refractivity contribution in [3.63, 3.8) is 0 Å². The lowest BCUT2D eigenvalue weighted by Crippen LogP contribution is -2.31. The van der Waals surface area contributed by atoms with E-state index in [4.69, 9.17) is 5.73 Å². The van der Waals surface area contributed by atoms with Crippen LogP contribution in [0.1, 0.15) is 60.2 Å². The Balaban J connectivity index is 1.78. The number of hydrogen-bond acceptors (Lipinski definition) is 5.